The highest BCUT2D eigenvalue weighted by molar-refractivity contribution is 6.30. The number of anilines is 1. The molecule has 140 valence electrons. The molecular weight excluding hydrogens is 376 g/mol. The van der Waals surface area contributed by atoms with Crippen molar-refractivity contribution in [2.75, 3.05) is 11.9 Å². The van der Waals surface area contributed by atoms with Gasteiger partial charge in [-0.2, -0.15) is 0 Å². The van der Waals surface area contributed by atoms with Crippen molar-refractivity contribution in [3.8, 4) is 11.4 Å². The van der Waals surface area contributed by atoms with Crippen LogP contribution in [0.3, 0.4) is 0 Å². The fourth-order valence-corrected chi connectivity index (χ4v) is 3.10. The van der Waals surface area contributed by atoms with Gasteiger partial charge >= 0.3 is 6.03 Å². The fraction of sp³-hybridized carbons (Fsp3) is 0.100. The minimum absolute atomic E-state index is 0.301. The van der Waals surface area contributed by atoms with E-state index in [1.165, 1.54) is 0 Å². The van der Waals surface area contributed by atoms with Gasteiger partial charge in [-0.05, 0) is 42.5 Å². The number of urea groups is 1. The van der Waals surface area contributed by atoms with E-state index in [1.807, 2.05) is 28.8 Å². The molecule has 1 aromatic carbocycles. The lowest BCUT2D eigenvalue weighted by Crippen LogP contribution is -2.31. The summed E-state index contributed by atoms with van der Waals surface area (Å²) >= 11 is 5.94. The van der Waals surface area contributed by atoms with Crippen molar-refractivity contribution < 1.29 is 4.79 Å². The van der Waals surface area contributed by atoms with Crippen molar-refractivity contribution in [1.82, 2.24) is 24.8 Å². The summed E-state index contributed by atoms with van der Waals surface area (Å²) in [5.74, 6) is 0.785. The number of aromatic nitrogens is 4. The molecule has 4 rings (SSSR count). The molecule has 3 heterocycles. The molecule has 2 amide bonds. The van der Waals surface area contributed by atoms with Crippen LogP contribution < -0.4 is 10.6 Å². The van der Waals surface area contributed by atoms with Crippen molar-refractivity contribution in [2.24, 2.45) is 0 Å². The summed E-state index contributed by atoms with van der Waals surface area (Å²) in [5.41, 5.74) is 3.15. The molecule has 7 nitrogen and oxygen atoms in total. The van der Waals surface area contributed by atoms with E-state index >= 15 is 0 Å². The van der Waals surface area contributed by atoms with Crippen LogP contribution in [0, 0.1) is 0 Å². The number of hydrogen-bond donors (Lipinski definition) is 2. The summed E-state index contributed by atoms with van der Waals surface area (Å²) in [6.07, 6.45) is 5.18. The van der Waals surface area contributed by atoms with Gasteiger partial charge in [-0.15, -0.1) is 0 Å². The second-order valence-electron chi connectivity index (χ2n) is 6.06. The van der Waals surface area contributed by atoms with Gasteiger partial charge < -0.3 is 15.2 Å². The molecule has 3 aromatic heterocycles. The van der Waals surface area contributed by atoms with Crippen molar-refractivity contribution in [3.05, 3.63) is 72.1 Å². The minimum atomic E-state index is -0.301. The number of halogens is 1. The summed E-state index contributed by atoms with van der Waals surface area (Å²) in [6, 6.07) is 14.3. The molecule has 0 atom stereocenters. The first-order valence-corrected chi connectivity index (χ1v) is 9.10. The second-order valence-corrected chi connectivity index (χ2v) is 6.50. The summed E-state index contributed by atoms with van der Waals surface area (Å²) in [7, 11) is 0. The molecule has 0 unspecified atom stereocenters. The quantitative estimate of drug-likeness (QED) is 0.538. The van der Waals surface area contributed by atoms with Crippen LogP contribution >= 0.6 is 11.6 Å². The Morgan fingerprint density at radius 1 is 1.07 bits per heavy atom. The fourth-order valence-electron chi connectivity index (χ4n) is 2.91. The highest BCUT2D eigenvalue weighted by Crippen LogP contribution is 2.22. The van der Waals surface area contributed by atoms with E-state index in [2.05, 4.69) is 25.6 Å². The molecule has 0 spiro atoms. The van der Waals surface area contributed by atoms with Gasteiger partial charge in [-0.3, -0.25) is 4.98 Å². The van der Waals surface area contributed by atoms with Crippen LogP contribution in [-0.2, 0) is 6.54 Å². The van der Waals surface area contributed by atoms with Gasteiger partial charge in [-0.1, -0.05) is 17.7 Å². The lowest BCUT2D eigenvalue weighted by molar-refractivity contribution is 0.251. The maximum atomic E-state index is 12.2. The van der Waals surface area contributed by atoms with Crippen LogP contribution in [0.4, 0.5) is 10.5 Å². The highest BCUT2D eigenvalue weighted by Gasteiger charge is 2.13. The molecule has 0 aliphatic heterocycles. The van der Waals surface area contributed by atoms with E-state index < -0.39 is 0 Å². The Balaban J connectivity index is 1.49. The monoisotopic (exact) mass is 392 g/mol. The standard InChI is InChI=1S/C20H17ClN6O/c21-15-3-1-4-16(13-15)25-20(28)24-11-12-27-18(14-6-9-22-10-7-14)26-17-5-2-8-23-19(17)27/h1-10,13H,11-12H2,(H2,24,25,28). The molecule has 2 N–H and O–H groups in total. The van der Waals surface area contributed by atoms with Crippen molar-refractivity contribution in [2.45, 2.75) is 6.54 Å². The van der Waals surface area contributed by atoms with Gasteiger partial charge in [0.05, 0.1) is 0 Å². The van der Waals surface area contributed by atoms with Gasteiger partial charge in [0.2, 0.25) is 0 Å². The van der Waals surface area contributed by atoms with E-state index in [0.29, 0.717) is 23.8 Å². The third-order valence-corrected chi connectivity index (χ3v) is 4.38. The Morgan fingerprint density at radius 2 is 1.93 bits per heavy atom. The number of nitrogens with zero attached hydrogens (tertiary/aromatic N) is 4. The third kappa shape index (κ3) is 3.94. The zero-order valence-corrected chi connectivity index (χ0v) is 15.6. The van der Waals surface area contributed by atoms with Gasteiger partial charge in [0.1, 0.15) is 11.3 Å². The summed E-state index contributed by atoms with van der Waals surface area (Å²) in [6.45, 7) is 0.931. The molecule has 0 radical (unpaired) electrons. The van der Waals surface area contributed by atoms with E-state index in [4.69, 9.17) is 11.6 Å². The average Bonchev–Trinajstić information content (AvgIpc) is 3.07. The number of benzene rings is 1. The van der Waals surface area contributed by atoms with E-state index in [9.17, 15) is 4.79 Å². The van der Waals surface area contributed by atoms with Gasteiger partial charge in [-0.25, -0.2) is 14.8 Å². The van der Waals surface area contributed by atoms with Crippen LogP contribution in [0.5, 0.6) is 0 Å². The van der Waals surface area contributed by atoms with Gasteiger partial charge in [0.25, 0.3) is 0 Å². The second kappa shape index (κ2) is 8.06. The van der Waals surface area contributed by atoms with Crippen LogP contribution in [-0.4, -0.2) is 32.1 Å². The number of imidazole rings is 1. The number of carbonyl (C=O) groups excluding carboxylic acids is 1. The maximum Gasteiger partial charge on any atom is 0.319 e. The predicted molar refractivity (Wildman–Crippen MR) is 109 cm³/mol. The molecule has 0 saturated carbocycles. The molecule has 8 heteroatoms. The molecule has 0 saturated heterocycles. The summed E-state index contributed by atoms with van der Waals surface area (Å²) in [4.78, 5) is 25.3. The SMILES string of the molecule is O=C(NCCn1c(-c2ccncc2)nc2cccnc21)Nc1cccc(Cl)c1. The highest BCUT2D eigenvalue weighted by atomic mass is 35.5. The maximum absolute atomic E-state index is 12.2. The Morgan fingerprint density at radius 3 is 2.75 bits per heavy atom. The third-order valence-electron chi connectivity index (χ3n) is 4.15. The van der Waals surface area contributed by atoms with E-state index in [0.717, 1.165) is 22.6 Å². The number of amides is 2. The number of fused-ring (bicyclic) bond motifs is 1. The molecule has 28 heavy (non-hydrogen) atoms. The topological polar surface area (TPSA) is 84.7 Å². The van der Waals surface area contributed by atoms with Crippen molar-refractivity contribution >= 4 is 34.5 Å². The molecule has 0 aliphatic carbocycles. The molecule has 0 fully saturated rings. The minimum Gasteiger partial charge on any atom is -0.336 e. The van der Waals surface area contributed by atoms with Crippen LogP contribution in [0.25, 0.3) is 22.6 Å². The molecule has 0 aliphatic rings. The molecule has 4 aromatic rings. The van der Waals surface area contributed by atoms with Crippen LogP contribution in [0.2, 0.25) is 5.02 Å². The first-order valence-electron chi connectivity index (χ1n) is 8.73. The first kappa shape index (κ1) is 17.9. The number of pyridine rings is 2. The Kier molecular flexibility index (Phi) is 5.16. The lowest BCUT2D eigenvalue weighted by atomic mass is 10.2. The number of carbonyl (C=O) groups is 1. The number of rotatable bonds is 5. The largest absolute Gasteiger partial charge is 0.336 e. The number of nitrogens with one attached hydrogen (secondary N) is 2. The van der Waals surface area contributed by atoms with Crippen LogP contribution in [0.1, 0.15) is 0 Å². The Labute approximate surface area is 166 Å². The summed E-state index contributed by atoms with van der Waals surface area (Å²) < 4.78 is 1.99. The normalized spacial score (nSPS) is 10.8. The number of hydrogen-bond acceptors (Lipinski definition) is 4. The first-order chi connectivity index (χ1) is 13.7. The van der Waals surface area contributed by atoms with Crippen molar-refractivity contribution in [1.29, 1.82) is 0 Å². The van der Waals surface area contributed by atoms with E-state index in [1.54, 1.807) is 42.9 Å². The van der Waals surface area contributed by atoms with Crippen molar-refractivity contribution in [3.63, 3.8) is 0 Å². The predicted octanol–water partition coefficient (Wildman–Crippen LogP) is 3.97. The average molecular weight is 393 g/mol. The lowest BCUT2D eigenvalue weighted by Gasteiger charge is -2.11. The molecular formula is C20H17ClN6O. The zero-order valence-electron chi connectivity index (χ0n) is 14.8. The van der Waals surface area contributed by atoms with Gasteiger partial charge in [0, 0.05) is 48.0 Å². The Bertz CT molecular complexity index is 1110. The van der Waals surface area contributed by atoms with Crippen LogP contribution in [0.15, 0.2) is 67.1 Å². The zero-order chi connectivity index (χ0) is 19.3. The Hall–Kier alpha value is -3.45. The van der Waals surface area contributed by atoms with Gasteiger partial charge in [0.15, 0.2) is 5.65 Å². The summed E-state index contributed by atoms with van der Waals surface area (Å²) in [5, 5.41) is 6.18. The smallest absolute Gasteiger partial charge is 0.319 e. The molecule has 0 bridgehead atoms. The van der Waals surface area contributed by atoms with E-state index in [-0.39, 0.29) is 6.03 Å².